The van der Waals surface area contributed by atoms with Gasteiger partial charge < -0.3 is 10.1 Å². The summed E-state index contributed by atoms with van der Waals surface area (Å²) in [7, 11) is 0. The average Bonchev–Trinajstić information content (AvgIpc) is 2.97. The number of thiophene rings is 1. The molecule has 7 heteroatoms. The molecule has 0 aliphatic heterocycles. The van der Waals surface area contributed by atoms with Gasteiger partial charge >= 0.3 is 5.97 Å². The first kappa shape index (κ1) is 17.8. The Morgan fingerprint density at radius 3 is 2.78 bits per heavy atom. The Morgan fingerprint density at radius 2 is 2.09 bits per heavy atom. The lowest BCUT2D eigenvalue weighted by Gasteiger charge is -2.08. The Kier molecular flexibility index (Phi) is 6.88. The van der Waals surface area contributed by atoms with E-state index in [4.69, 9.17) is 4.74 Å². The number of benzene rings is 1. The van der Waals surface area contributed by atoms with Gasteiger partial charge in [-0.2, -0.15) is 0 Å². The fraction of sp³-hybridized carbons (Fsp3) is 0.125. The van der Waals surface area contributed by atoms with Gasteiger partial charge in [0.05, 0.1) is 9.47 Å². The molecule has 2 aromatic rings. The van der Waals surface area contributed by atoms with Crippen molar-refractivity contribution in [3.05, 3.63) is 51.1 Å². The zero-order valence-electron chi connectivity index (χ0n) is 12.2. The molecular formula is C16H14BrNO3S2. The lowest BCUT2D eigenvalue weighted by atomic mass is 10.3. The number of hydrogen-bond donors (Lipinski definition) is 1. The quantitative estimate of drug-likeness (QED) is 0.433. The largest absolute Gasteiger partial charge is 0.452 e. The summed E-state index contributed by atoms with van der Waals surface area (Å²) in [6, 6.07) is 11.2. The number of hydrogen-bond acceptors (Lipinski definition) is 5. The Labute approximate surface area is 151 Å². The summed E-state index contributed by atoms with van der Waals surface area (Å²) in [5.41, 5.74) is 0.708. The minimum absolute atomic E-state index is 0.319. The second-order valence-corrected chi connectivity index (χ2v) is 7.67. The van der Waals surface area contributed by atoms with Crippen LogP contribution in [0.5, 0.6) is 0 Å². The number of ether oxygens (including phenoxy) is 1. The van der Waals surface area contributed by atoms with Gasteiger partial charge in [0.2, 0.25) is 0 Å². The van der Waals surface area contributed by atoms with Crippen molar-refractivity contribution < 1.29 is 14.3 Å². The number of halogens is 1. The van der Waals surface area contributed by atoms with E-state index in [9.17, 15) is 9.59 Å². The molecule has 0 bridgehead atoms. The maximum atomic E-state index is 11.8. The Morgan fingerprint density at radius 1 is 1.30 bits per heavy atom. The number of nitrogens with one attached hydrogen (secondary N) is 1. The third-order valence-electron chi connectivity index (χ3n) is 2.70. The SMILES string of the molecule is CSc1ccccc1NC(=O)COC(=O)/C=C/c1ccc(Br)s1. The van der Waals surface area contributed by atoms with Crippen LogP contribution in [0.2, 0.25) is 0 Å². The Balaban J connectivity index is 1.82. The van der Waals surface area contributed by atoms with Crippen molar-refractivity contribution >= 4 is 62.7 Å². The van der Waals surface area contributed by atoms with Crippen molar-refractivity contribution in [3.63, 3.8) is 0 Å². The van der Waals surface area contributed by atoms with Gasteiger partial charge in [0.15, 0.2) is 6.61 Å². The number of amides is 1. The predicted octanol–water partition coefficient (Wildman–Crippen LogP) is 4.43. The van der Waals surface area contributed by atoms with Crippen LogP contribution in [0.15, 0.2) is 51.2 Å². The normalized spacial score (nSPS) is 10.7. The van der Waals surface area contributed by atoms with E-state index in [1.807, 2.05) is 36.6 Å². The fourth-order valence-corrected chi connectivity index (χ4v) is 3.57. The summed E-state index contributed by atoms with van der Waals surface area (Å²) >= 11 is 6.38. The van der Waals surface area contributed by atoms with Crippen LogP contribution in [-0.2, 0) is 14.3 Å². The van der Waals surface area contributed by atoms with Gasteiger partial charge in [0.1, 0.15) is 0 Å². The molecule has 0 spiro atoms. The molecule has 2 rings (SSSR count). The van der Waals surface area contributed by atoms with E-state index in [2.05, 4.69) is 21.2 Å². The molecule has 1 amide bonds. The molecule has 120 valence electrons. The topological polar surface area (TPSA) is 55.4 Å². The minimum Gasteiger partial charge on any atom is -0.452 e. The van der Waals surface area contributed by atoms with Crippen LogP contribution >= 0.6 is 39.0 Å². The van der Waals surface area contributed by atoms with E-state index < -0.39 is 5.97 Å². The van der Waals surface area contributed by atoms with E-state index in [-0.39, 0.29) is 12.5 Å². The molecule has 1 aromatic carbocycles. The van der Waals surface area contributed by atoms with Gasteiger partial charge in [-0.25, -0.2) is 4.79 Å². The number of anilines is 1. The zero-order chi connectivity index (χ0) is 16.7. The molecule has 0 fully saturated rings. The molecule has 0 aliphatic rings. The number of thioether (sulfide) groups is 1. The van der Waals surface area contributed by atoms with Gasteiger partial charge in [-0.15, -0.1) is 23.1 Å². The number of esters is 1. The van der Waals surface area contributed by atoms with Gasteiger partial charge in [-0.1, -0.05) is 12.1 Å². The summed E-state index contributed by atoms with van der Waals surface area (Å²) in [5.74, 6) is -0.921. The van der Waals surface area contributed by atoms with E-state index >= 15 is 0 Å². The molecule has 1 N–H and O–H groups in total. The van der Waals surface area contributed by atoms with Crippen LogP contribution in [-0.4, -0.2) is 24.7 Å². The summed E-state index contributed by atoms with van der Waals surface area (Å²) in [6.45, 7) is -0.319. The minimum atomic E-state index is -0.553. The van der Waals surface area contributed by atoms with Crippen LogP contribution in [0.1, 0.15) is 4.88 Å². The molecule has 4 nitrogen and oxygen atoms in total. The maximum Gasteiger partial charge on any atom is 0.331 e. The second kappa shape index (κ2) is 8.90. The van der Waals surface area contributed by atoms with Gasteiger partial charge in [0.25, 0.3) is 5.91 Å². The van der Waals surface area contributed by atoms with E-state index in [1.54, 1.807) is 12.1 Å². The maximum absolute atomic E-state index is 11.8. The average molecular weight is 412 g/mol. The van der Waals surface area contributed by atoms with Gasteiger partial charge in [-0.05, 0) is 52.5 Å². The number of carbonyl (C=O) groups is 2. The monoisotopic (exact) mass is 411 g/mol. The first-order valence-electron chi connectivity index (χ1n) is 6.61. The molecule has 23 heavy (non-hydrogen) atoms. The van der Waals surface area contributed by atoms with E-state index in [0.29, 0.717) is 5.69 Å². The zero-order valence-corrected chi connectivity index (χ0v) is 15.5. The number of carbonyl (C=O) groups excluding carboxylic acids is 2. The molecule has 0 saturated heterocycles. The third kappa shape index (κ3) is 5.85. The van der Waals surface area contributed by atoms with E-state index in [0.717, 1.165) is 13.6 Å². The van der Waals surface area contributed by atoms with Gasteiger partial charge in [0, 0.05) is 15.8 Å². The molecule has 0 atom stereocenters. The molecule has 0 radical (unpaired) electrons. The highest BCUT2D eigenvalue weighted by Crippen LogP contribution is 2.24. The second-order valence-electron chi connectivity index (χ2n) is 4.33. The van der Waals surface area contributed by atoms with Crippen molar-refractivity contribution in [2.45, 2.75) is 4.90 Å². The molecule has 0 unspecified atom stereocenters. The molecule has 0 saturated carbocycles. The van der Waals surface area contributed by atoms with Crippen molar-refractivity contribution in [1.82, 2.24) is 0 Å². The highest BCUT2D eigenvalue weighted by atomic mass is 79.9. The van der Waals surface area contributed by atoms with Crippen LogP contribution in [0, 0.1) is 0 Å². The summed E-state index contributed by atoms with van der Waals surface area (Å²) in [6.07, 6.45) is 4.89. The van der Waals surface area contributed by atoms with Crippen LogP contribution < -0.4 is 5.32 Å². The summed E-state index contributed by atoms with van der Waals surface area (Å²) in [4.78, 5) is 25.3. The van der Waals surface area contributed by atoms with Crippen LogP contribution in [0.4, 0.5) is 5.69 Å². The summed E-state index contributed by atoms with van der Waals surface area (Å²) < 4.78 is 5.91. The molecule has 1 aromatic heterocycles. The van der Waals surface area contributed by atoms with Crippen molar-refractivity contribution in [3.8, 4) is 0 Å². The lowest BCUT2D eigenvalue weighted by molar-refractivity contribution is -0.142. The third-order valence-corrected chi connectivity index (χ3v) is 5.09. The summed E-state index contributed by atoms with van der Waals surface area (Å²) in [5, 5.41) is 2.73. The lowest BCUT2D eigenvalue weighted by Crippen LogP contribution is -2.20. The number of rotatable bonds is 6. The van der Waals surface area contributed by atoms with Gasteiger partial charge in [-0.3, -0.25) is 4.79 Å². The highest BCUT2D eigenvalue weighted by Gasteiger charge is 2.08. The van der Waals surface area contributed by atoms with Crippen molar-refractivity contribution in [1.29, 1.82) is 0 Å². The van der Waals surface area contributed by atoms with Crippen molar-refractivity contribution in [2.24, 2.45) is 0 Å². The standard InChI is InChI=1S/C16H14BrNO3S2/c1-22-13-5-3-2-4-12(13)18-15(19)10-21-16(20)9-7-11-6-8-14(17)23-11/h2-9H,10H2,1H3,(H,18,19)/b9-7+. The fourth-order valence-electron chi connectivity index (χ4n) is 1.69. The van der Waals surface area contributed by atoms with Crippen molar-refractivity contribution in [2.75, 3.05) is 18.2 Å². The Bertz CT molecular complexity index is 728. The first-order valence-corrected chi connectivity index (χ1v) is 9.45. The molecule has 0 aliphatic carbocycles. The Hall–Kier alpha value is -1.57. The molecular weight excluding hydrogens is 398 g/mol. The van der Waals surface area contributed by atoms with Crippen LogP contribution in [0.25, 0.3) is 6.08 Å². The van der Waals surface area contributed by atoms with Crippen LogP contribution in [0.3, 0.4) is 0 Å². The first-order chi connectivity index (χ1) is 11.1. The highest BCUT2D eigenvalue weighted by molar-refractivity contribution is 9.11. The predicted molar refractivity (Wildman–Crippen MR) is 98.9 cm³/mol. The molecule has 1 heterocycles. The number of para-hydroxylation sites is 1. The van der Waals surface area contributed by atoms with E-state index in [1.165, 1.54) is 29.2 Å². The smallest absolute Gasteiger partial charge is 0.331 e.